The normalized spacial score (nSPS) is 14.1. The summed E-state index contributed by atoms with van der Waals surface area (Å²) >= 11 is 1.73. The van der Waals surface area contributed by atoms with Crippen LogP contribution >= 0.6 is 11.3 Å². The van der Waals surface area contributed by atoms with Gasteiger partial charge in [0, 0.05) is 17.0 Å². The van der Waals surface area contributed by atoms with Crippen LogP contribution in [0.4, 0.5) is 0 Å². The molecule has 0 spiro atoms. The van der Waals surface area contributed by atoms with E-state index in [-0.39, 0.29) is 23.6 Å². The van der Waals surface area contributed by atoms with Crippen molar-refractivity contribution in [2.45, 2.75) is 38.8 Å². The predicted molar refractivity (Wildman–Crippen MR) is 83.3 cm³/mol. The van der Waals surface area contributed by atoms with Crippen LogP contribution in [-0.4, -0.2) is 10.2 Å². The van der Waals surface area contributed by atoms with E-state index in [1.807, 2.05) is 13.0 Å². The highest BCUT2D eigenvalue weighted by molar-refractivity contribution is 7.10. The molecule has 4 heteroatoms. The van der Waals surface area contributed by atoms with Crippen LogP contribution < -0.4 is 5.32 Å². The molecule has 1 heterocycles. The zero-order valence-electron chi connectivity index (χ0n) is 11.8. The summed E-state index contributed by atoms with van der Waals surface area (Å²) in [6, 6.07) is 9.15. The second kappa shape index (κ2) is 6.77. The Morgan fingerprint density at radius 1 is 1.15 bits per heavy atom. The van der Waals surface area contributed by atoms with E-state index in [1.54, 1.807) is 29.5 Å². The van der Waals surface area contributed by atoms with Crippen LogP contribution in [0.5, 0.6) is 11.5 Å². The predicted octanol–water partition coefficient (Wildman–Crippen LogP) is 4.35. The van der Waals surface area contributed by atoms with E-state index in [4.69, 9.17) is 0 Å². The molecule has 2 aromatic rings. The van der Waals surface area contributed by atoms with Gasteiger partial charge in [-0.3, -0.25) is 0 Å². The first-order chi connectivity index (χ1) is 9.63. The van der Waals surface area contributed by atoms with E-state index in [2.05, 4.69) is 23.7 Å². The van der Waals surface area contributed by atoms with Gasteiger partial charge in [0.15, 0.2) is 0 Å². The fourth-order valence-electron chi connectivity index (χ4n) is 2.46. The van der Waals surface area contributed by atoms with Gasteiger partial charge in [0.2, 0.25) is 0 Å². The van der Waals surface area contributed by atoms with Gasteiger partial charge in [-0.05, 0) is 36.9 Å². The maximum atomic E-state index is 9.94. The van der Waals surface area contributed by atoms with Crippen molar-refractivity contribution < 1.29 is 10.2 Å². The molecule has 0 amide bonds. The molecule has 0 aliphatic carbocycles. The van der Waals surface area contributed by atoms with Gasteiger partial charge in [0.05, 0.1) is 5.56 Å². The van der Waals surface area contributed by atoms with Crippen LogP contribution in [0.15, 0.2) is 35.7 Å². The van der Waals surface area contributed by atoms with Crippen molar-refractivity contribution in [2.75, 3.05) is 0 Å². The number of nitrogens with one attached hydrogen (secondary N) is 1. The van der Waals surface area contributed by atoms with Crippen molar-refractivity contribution in [3.63, 3.8) is 0 Å². The molecule has 2 unspecified atom stereocenters. The lowest BCUT2D eigenvalue weighted by Gasteiger charge is -2.23. The standard InChI is InChI=1S/C16H21NO2S/c1-3-6-12(15-9-5-10-20-15)17-11(2)16-13(18)7-4-8-14(16)19/h4-5,7-12,17-19H,3,6H2,1-2H3. The molecule has 0 aliphatic heterocycles. The van der Waals surface area contributed by atoms with Crippen molar-refractivity contribution in [3.05, 3.63) is 46.2 Å². The Kier molecular flexibility index (Phi) is 5.04. The zero-order valence-corrected chi connectivity index (χ0v) is 12.7. The highest BCUT2D eigenvalue weighted by Gasteiger charge is 2.20. The van der Waals surface area contributed by atoms with Gasteiger partial charge in [0.25, 0.3) is 0 Å². The average molecular weight is 291 g/mol. The Morgan fingerprint density at radius 3 is 2.40 bits per heavy atom. The van der Waals surface area contributed by atoms with Gasteiger partial charge in [-0.15, -0.1) is 11.3 Å². The van der Waals surface area contributed by atoms with Crippen LogP contribution in [0.3, 0.4) is 0 Å². The summed E-state index contributed by atoms with van der Waals surface area (Å²) < 4.78 is 0. The lowest BCUT2D eigenvalue weighted by Crippen LogP contribution is -2.24. The fraction of sp³-hybridized carbons (Fsp3) is 0.375. The zero-order chi connectivity index (χ0) is 14.5. The van der Waals surface area contributed by atoms with Crippen LogP contribution in [0.1, 0.15) is 49.2 Å². The number of aromatic hydroxyl groups is 2. The van der Waals surface area contributed by atoms with E-state index < -0.39 is 0 Å². The molecule has 20 heavy (non-hydrogen) atoms. The summed E-state index contributed by atoms with van der Waals surface area (Å²) in [4.78, 5) is 1.29. The van der Waals surface area contributed by atoms with Crippen LogP contribution in [0.25, 0.3) is 0 Å². The maximum absolute atomic E-state index is 9.94. The molecule has 0 saturated heterocycles. The first-order valence-electron chi connectivity index (χ1n) is 6.93. The summed E-state index contributed by atoms with van der Waals surface area (Å²) in [7, 11) is 0. The SMILES string of the molecule is CCCC(NC(C)c1c(O)cccc1O)c1cccs1. The Balaban J connectivity index is 2.18. The summed E-state index contributed by atoms with van der Waals surface area (Å²) in [5.41, 5.74) is 0.560. The maximum Gasteiger partial charge on any atom is 0.124 e. The Labute approximate surface area is 123 Å². The number of hydrogen-bond donors (Lipinski definition) is 3. The molecular weight excluding hydrogens is 270 g/mol. The van der Waals surface area contributed by atoms with Gasteiger partial charge in [-0.2, -0.15) is 0 Å². The van der Waals surface area contributed by atoms with Crippen molar-refractivity contribution >= 4 is 11.3 Å². The van der Waals surface area contributed by atoms with Crippen molar-refractivity contribution in [2.24, 2.45) is 0 Å². The topological polar surface area (TPSA) is 52.5 Å². The van der Waals surface area contributed by atoms with Gasteiger partial charge in [-0.25, -0.2) is 0 Å². The van der Waals surface area contributed by atoms with E-state index in [9.17, 15) is 10.2 Å². The summed E-state index contributed by atoms with van der Waals surface area (Å²) in [5.74, 6) is 0.262. The van der Waals surface area contributed by atoms with Gasteiger partial charge < -0.3 is 15.5 Å². The minimum absolute atomic E-state index is 0.116. The smallest absolute Gasteiger partial charge is 0.124 e. The van der Waals surface area contributed by atoms with Gasteiger partial charge in [0.1, 0.15) is 11.5 Å². The lowest BCUT2D eigenvalue weighted by atomic mass is 10.0. The third-order valence-corrected chi connectivity index (χ3v) is 4.39. The summed E-state index contributed by atoms with van der Waals surface area (Å²) in [5, 5.41) is 25.5. The largest absolute Gasteiger partial charge is 0.507 e. The highest BCUT2D eigenvalue weighted by atomic mass is 32.1. The third-order valence-electron chi connectivity index (χ3n) is 3.41. The molecule has 0 radical (unpaired) electrons. The molecule has 3 nitrogen and oxygen atoms in total. The Hall–Kier alpha value is -1.52. The monoisotopic (exact) mass is 291 g/mol. The summed E-state index contributed by atoms with van der Waals surface area (Å²) in [6.45, 7) is 4.12. The highest BCUT2D eigenvalue weighted by Crippen LogP contribution is 2.34. The fourth-order valence-corrected chi connectivity index (χ4v) is 3.28. The van der Waals surface area contributed by atoms with Crippen LogP contribution in [-0.2, 0) is 0 Å². The number of hydrogen-bond acceptors (Lipinski definition) is 4. The van der Waals surface area contributed by atoms with Crippen LogP contribution in [0, 0.1) is 0 Å². The average Bonchev–Trinajstić information content (AvgIpc) is 2.91. The van der Waals surface area contributed by atoms with Crippen molar-refractivity contribution in [1.29, 1.82) is 0 Å². The van der Waals surface area contributed by atoms with Crippen molar-refractivity contribution in [3.8, 4) is 11.5 Å². The van der Waals surface area contributed by atoms with E-state index in [0.717, 1.165) is 12.8 Å². The van der Waals surface area contributed by atoms with E-state index in [0.29, 0.717) is 5.56 Å². The molecule has 1 aromatic carbocycles. The molecule has 0 aliphatic rings. The molecule has 0 fully saturated rings. The Bertz CT molecular complexity index is 519. The van der Waals surface area contributed by atoms with Crippen LogP contribution in [0.2, 0.25) is 0 Å². The number of benzene rings is 1. The number of phenolic OH excluding ortho intramolecular Hbond substituents is 2. The second-order valence-electron chi connectivity index (χ2n) is 4.95. The molecule has 2 rings (SSSR count). The first-order valence-corrected chi connectivity index (χ1v) is 7.81. The first kappa shape index (κ1) is 14.9. The minimum Gasteiger partial charge on any atom is -0.507 e. The quantitative estimate of drug-likeness (QED) is 0.741. The molecular formula is C16H21NO2S. The molecule has 1 aromatic heterocycles. The molecule has 2 atom stereocenters. The summed E-state index contributed by atoms with van der Waals surface area (Å²) in [6.07, 6.45) is 2.11. The third kappa shape index (κ3) is 3.32. The number of thiophene rings is 1. The number of phenols is 2. The molecule has 3 N–H and O–H groups in total. The lowest BCUT2D eigenvalue weighted by molar-refractivity contribution is 0.394. The Morgan fingerprint density at radius 2 is 1.85 bits per heavy atom. The molecule has 0 bridgehead atoms. The molecule has 0 saturated carbocycles. The van der Waals surface area contributed by atoms with Crippen molar-refractivity contribution in [1.82, 2.24) is 5.32 Å². The van der Waals surface area contributed by atoms with E-state index in [1.165, 1.54) is 4.88 Å². The van der Waals surface area contributed by atoms with E-state index >= 15 is 0 Å². The molecule has 108 valence electrons. The second-order valence-corrected chi connectivity index (χ2v) is 5.93. The number of rotatable bonds is 6. The van der Waals surface area contributed by atoms with Gasteiger partial charge in [-0.1, -0.05) is 25.5 Å². The minimum atomic E-state index is -0.116. The van der Waals surface area contributed by atoms with Gasteiger partial charge >= 0.3 is 0 Å².